The predicted octanol–water partition coefficient (Wildman–Crippen LogP) is 4.24. The van der Waals surface area contributed by atoms with Gasteiger partial charge in [-0.15, -0.1) is 16.5 Å². The molecular formula is C12H15N3S. The first kappa shape index (κ1) is 11.1. The topological polar surface area (TPSA) is 28.0 Å². The van der Waals surface area contributed by atoms with E-state index in [-0.39, 0.29) is 0 Å². The van der Waals surface area contributed by atoms with Gasteiger partial charge in [-0.25, -0.2) is 0 Å². The van der Waals surface area contributed by atoms with Crippen LogP contribution in [0.4, 0.5) is 5.69 Å². The lowest BCUT2D eigenvalue weighted by molar-refractivity contribution is 0.301. The van der Waals surface area contributed by atoms with Crippen LogP contribution in [0, 0.1) is 0 Å². The van der Waals surface area contributed by atoms with Crippen LogP contribution >= 0.6 is 11.3 Å². The van der Waals surface area contributed by atoms with Crippen molar-refractivity contribution in [1.82, 2.24) is 5.01 Å². The zero-order valence-corrected chi connectivity index (χ0v) is 10.4. The standard InChI is InChI=1S/C12H15N3S/c1-3-15(4-2)14-13-11-5-6-12-10(9-11)7-8-16-12/h5-9H,3-4H2,1-2H3. The van der Waals surface area contributed by atoms with Crippen molar-refractivity contribution < 1.29 is 0 Å². The van der Waals surface area contributed by atoms with Gasteiger partial charge in [0.2, 0.25) is 0 Å². The minimum absolute atomic E-state index is 0.890. The van der Waals surface area contributed by atoms with Crippen LogP contribution in [-0.2, 0) is 0 Å². The Labute approximate surface area is 99.4 Å². The van der Waals surface area contributed by atoms with Crippen molar-refractivity contribution in [3.05, 3.63) is 29.6 Å². The number of fused-ring (bicyclic) bond motifs is 1. The van der Waals surface area contributed by atoms with E-state index in [0.717, 1.165) is 18.8 Å². The lowest BCUT2D eigenvalue weighted by Gasteiger charge is -2.10. The summed E-state index contributed by atoms with van der Waals surface area (Å²) < 4.78 is 1.29. The molecule has 0 saturated carbocycles. The molecule has 0 aliphatic rings. The molecule has 0 aliphatic heterocycles. The second-order valence-corrected chi connectivity index (χ2v) is 4.42. The van der Waals surface area contributed by atoms with Gasteiger partial charge in [-0.3, -0.25) is 5.01 Å². The van der Waals surface area contributed by atoms with Crippen molar-refractivity contribution in [2.45, 2.75) is 13.8 Å². The number of benzene rings is 1. The highest BCUT2D eigenvalue weighted by molar-refractivity contribution is 7.17. The van der Waals surface area contributed by atoms with Gasteiger partial charge in [-0.2, -0.15) is 0 Å². The fraction of sp³-hybridized carbons (Fsp3) is 0.333. The average molecular weight is 233 g/mol. The van der Waals surface area contributed by atoms with Crippen molar-refractivity contribution >= 4 is 27.1 Å². The summed E-state index contributed by atoms with van der Waals surface area (Å²) in [7, 11) is 0. The highest BCUT2D eigenvalue weighted by atomic mass is 32.1. The molecule has 4 heteroatoms. The summed E-state index contributed by atoms with van der Waals surface area (Å²) in [5.41, 5.74) is 0.915. The zero-order chi connectivity index (χ0) is 11.4. The van der Waals surface area contributed by atoms with Crippen molar-refractivity contribution in [1.29, 1.82) is 0 Å². The lowest BCUT2D eigenvalue weighted by atomic mass is 10.2. The second kappa shape index (κ2) is 5.07. The number of rotatable bonds is 4. The van der Waals surface area contributed by atoms with Crippen LogP contribution in [0.15, 0.2) is 40.0 Å². The molecule has 0 unspecified atom stereocenters. The van der Waals surface area contributed by atoms with E-state index < -0.39 is 0 Å². The Balaban J connectivity index is 2.20. The van der Waals surface area contributed by atoms with Crippen LogP contribution in [0.5, 0.6) is 0 Å². The summed E-state index contributed by atoms with van der Waals surface area (Å²) in [5.74, 6) is 0. The molecule has 3 nitrogen and oxygen atoms in total. The fourth-order valence-electron chi connectivity index (χ4n) is 1.48. The average Bonchev–Trinajstić information content (AvgIpc) is 2.77. The van der Waals surface area contributed by atoms with Gasteiger partial charge < -0.3 is 0 Å². The number of thiophene rings is 1. The van der Waals surface area contributed by atoms with Gasteiger partial charge in [0.25, 0.3) is 0 Å². The monoisotopic (exact) mass is 233 g/mol. The van der Waals surface area contributed by atoms with E-state index in [1.54, 1.807) is 11.3 Å². The van der Waals surface area contributed by atoms with E-state index in [0.29, 0.717) is 0 Å². The molecule has 0 saturated heterocycles. The molecule has 0 spiro atoms. The Hall–Kier alpha value is -1.42. The van der Waals surface area contributed by atoms with Crippen LogP contribution in [0.3, 0.4) is 0 Å². The molecule has 0 amide bonds. The third-order valence-electron chi connectivity index (χ3n) is 2.45. The van der Waals surface area contributed by atoms with Gasteiger partial charge in [-0.05, 0) is 48.9 Å². The molecule has 0 fully saturated rings. The highest BCUT2D eigenvalue weighted by Crippen LogP contribution is 2.25. The van der Waals surface area contributed by atoms with Crippen LogP contribution in [0.25, 0.3) is 10.1 Å². The molecule has 0 aliphatic carbocycles. The van der Waals surface area contributed by atoms with E-state index in [9.17, 15) is 0 Å². The van der Waals surface area contributed by atoms with Crippen LogP contribution < -0.4 is 0 Å². The van der Waals surface area contributed by atoms with Crippen molar-refractivity contribution in [2.75, 3.05) is 13.1 Å². The normalized spacial score (nSPS) is 11.4. The summed E-state index contributed by atoms with van der Waals surface area (Å²) >= 11 is 1.75. The minimum atomic E-state index is 0.890. The van der Waals surface area contributed by atoms with Crippen LogP contribution in [-0.4, -0.2) is 18.1 Å². The lowest BCUT2D eigenvalue weighted by Crippen LogP contribution is -2.14. The molecule has 1 aromatic heterocycles. The quantitative estimate of drug-likeness (QED) is 0.573. The molecule has 0 bridgehead atoms. The maximum Gasteiger partial charge on any atom is 0.0881 e. The molecule has 2 rings (SSSR count). The fourth-order valence-corrected chi connectivity index (χ4v) is 2.25. The van der Waals surface area contributed by atoms with Gasteiger partial charge >= 0.3 is 0 Å². The number of hydrogen-bond acceptors (Lipinski definition) is 3. The minimum Gasteiger partial charge on any atom is -0.279 e. The van der Waals surface area contributed by atoms with E-state index in [4.69, 9.17) is 0 Å². The SMILES string of the molecule is CCN(CC)N=Nc1ccc2sccc2c1. The Kier molecular flexibility index (Phi) is 3.51. The highest BCUT2D eigenvalue weighted by Gasteiger charge is 1.97. The Morgan fingerprint density at radius 2 is 2.00 bits per heavy atom. The van der Waals surface area contributed by atoms with Crippen LogP contribution in [0.2, 0.25) is 0 Å². The van der Waals surface area contributed by atoms with Crippen molar-refractivity contribution in [2.24, 2.45) is 10.3 Å². The van der Waals surface area contributed by atoms with Gasteiger partial charge in [0, 0.05) is 17.8 Å². The van der Waals surface area contributed by atoms with E-state index >= 15 is 0 Å². The second-order valence-electron chi connectivity index (χ2n) is 3.47. The molecule has 2 aromatic rings. The molecule has 84 valence electrons. The van der Waals surface area contributed by atoms with Gasteiger partial charge in [-0.1, -0.05) is 5.22 Å². The maximum absolute atomic E-state index is 4.23. The summed E-state index contributed by atoms with van der Waals surface area (Å²) in [6, 6.07) is 8.28. The zero-order valence-electron chi connectivity index (χ0n) is 9.55. The van der Waals surface area contributed by atoms with E-state index in [1.165, 1.54) is 10.1 Å². The third kappa shape index (κ3) is 2.39. The first-order chi connectivity index (χ1) is 7.83. The summed E-state index contributed by atoms with van der Waals surface area (Å²) in [6.07, 6.45) is 0. The van der Waals surface area contributed by atoms with Gasteiger partial charge in [0.05, 0.1) is 5.69 Å². The molecular weight excluding hydrogens is 218 g/mol. The molecule has 1 aromatic carbocycles. The Bertz CT molecular complexity index is 486. The van der Waals surface area contributed by atoms with E-state index in [1.807, 2.05) is 11.1 Å². The molecule has 16 heavy (non-hydrogen) atoms. The Morgan fingerprint density at radius 3 is 2.75 bits per heavy atom. The first-order valence-electron chi connectivity index (χ1n) is 5.47. The van der Waals surface area contributed by atoms with Crippen molar-refractivity contribution in [3.63, 3.8) is 0 Å². The molecule has 1 heterocycles. The summed E-state index contributed by atoms with van der Waals surface area (Å²) in [4.78, 5) is 0. The summed E-state index contributed by atoms with van der Waals surface area (Å²) in [5, 5.41) is 13.7. The van der Waals surface area contributed by atoms with E-state index in [2.05, 4.69) is 47.8 Å². The molecule has 0 radical (unpaired) electrons. The largest absolute Gasteiger partial charge is 0.279 e. The third-order valence-corrected chi connectivity index (χ3v) is 3.35. The molecule has 0 atom stereocenters. The van der Waals surface area contributed by atoms with Crippen molar-refractivity contribution in [3.8, 4) is 0 Å². The molecule has 0 N–H and O–H groups in total. The number of hydrogen-bond donors (Lipinski definition) is 0. The van der Waals surface area contributed by atoms with Gasteiger partial charge in [0.1, 0.15) is 0 Å². The van der Waals surface area contributed by atoms with Gasteiger partial charge in [0.15, 0.2) is 0 Å². The number of nitrogens with zero attached hydrogens (tertiary/aromatic N) is 3. The first-order valence-corrected chi connectivity index (χ1v) is 6.35. The smallest absolute Gasteiger partial charge is 0.0881 e. The van der Waals surface area contributed by atoms with Crippen LogP contribution in [0.1, 0.15) is 13.8 Å². The Morgan fingerprint density at radius 1 is 1.19 bits per heavy atom. The maximum atomic E-state index is 4.23. The summed E-state index contributed by atoms with van der Waals surface area (Å²) in [6.45, 7) is 5.93. The predicted molar refractivity (Wildman–Crippen MR) is 69.3 cm³/mol.